The van der Waals surface area contributed by atoms with E-state index in [1.54, 1.807) is 26.0 Å². The van der Waals surface area contributed by atoms with Crippen LogP contribution in [-0.4, -0.2) is 51.6 Å². The largest absolute Gasteiger partial charge is 0.478 e. The number of esters is 2. The number of aliphatic carboxylic acids is 2. The summed E-state index contributed by atoms with van der Waals surface area (Å²) < 4.78 is 14.5. The van der Waals surface area contributed by atoms with Crippen molar-refractivity contribution in [3.8, 4) is 0 Å². The number of carbonyl (C=O) groups is 5. The lowest BCUT2D eigenvalue weighted by Crippen LogP contribution is -2.45. The van der Waals surface area contributed by atoms with E-state index in [2.05, 4.69) is 12.6 Å². The number of thiol groups is 1. The monoisotopic (exact) mass is 476 g/mol. The van der Waals surface area contributed by atoms with E-state index in [0.717, 1.165) is 5.56 Å². The van der Waals surface area contributed by atoms with E-state index in [1.165, 1.54) is 30.3 Å². The van der Waals surface area contributed by atoms with Crippen molar-refractivity contribution >= 4 is 41.8 Å². The van der Waals surface area contributed by atoms with Gasteiger partial charge in [-0.2, -0.15) is 0 Å². The van der Waals surface area contributed by atoms with Crippen molar-refractivity contribution in [3.05, 3.63) is 70.3 Å². The Morgan fingerprint density at radius 2 is 1.30 bits per heavy atom. The summed E-state index contributed by atoms with van der Waals surface area (Å²) in [5.41, 5.74) is 1.77. The lowest BCUT2D eigenvalue weighted by Gasteiger charge is -2.21. The molecule has 2 N–H and O–H groups in total. The minimum atomic E-state index is -2.33. The van der Waals surface area contributed by atoms with Crippen molar-refractivity contribution in [3.63, 3.8) is 0 Å². The molecule has 0 saturated carbocycles. The highest BCUT2D eigenvalue weighted by molar-refractivity contribution is 7.96. The zero-order valence-corrected chi connectivity index (χ0v) is 18.4. The predicted molar refractivity (Wildman–Crippen MR) is 115 cm³/mol. The molecule has 2 atom stereocenters. The molecule has 2 rings (SSSR count). The first-order valence-corrected chi connectivity index (χ1v) is 9.83. The van der Waals surface area contributed by atoms with Crippen LogP contribution in [0.15, 0.2) is 42.5 Å². The third kappa shape index (κ3) is 7.07. The topological polar surface area (TPSA) is 154 Å². The molecule has 0 aliphatic heterocycles. The number of hydrogen-bond donors (Lipinski definition) is 3. The van der Waals surface area contributed by atoms with Crippen LogP contribution in [-0.2, 0) is 30.4 Å². The van der Waals surface area contributed by atoms with Gasteiger partial charge in [-0.3, -0.25) is 0 Å². The fourth-order valence-corrected chi connectivity index (χ4v) is 2.70. The number of aryl methyl sites for hydroxylation is 2. The van der Waals surface area contributed by atoms with Crippen LogP contribution in [0.2, 0.25) is 0 Å². The van der Waals surface area contributed by atoms with Gasteiger partial charge < -0.3 is 24.4 Å². The van der Waals surface area contributed by atoms with E-state index >= 15 is 0 Å². The van der Waals surface area contributed by atoms with E-state index in [1.807, 2.05) is 0 Å². The first-order chi connectivity index (χ1) is 15.5. The standard InChI is InChI=1S/C22H20O10S/c1-11-3-6-13(7-4-11)20(27)31-16(18(23)24)17(19(25)26)32-21(28)14-8-5-12(2)15(9-14)10-30-22(29)33/h3-9,16-17H,10H2,1-2H3,(H,23,24)(H,25,26)(H,29,33)/t16-,17-/m0/s1. The summed E-state index contributed by atoms with van der Waals surface area (Å²) >= 11 is 3.48. The molecule has 2 aromatic carbocycles. The summed E-state index contributed by atoms with van der Waals surface area (Å²) in [7, 11) is 0. The molecule has 0 aliphatic rings. The number of ether oxygens (including phenoxy) is 3. The van der Waals surface area contributed by atoms with Gasteiger partial charge in [0.1, 0.15) is 6.61 Å². The maximum absolute atomic E-state index is 12.5. The van der Waals surface area contributed by atoms with E-state index in [4.69, 9.17) is 14.2 Å². The van der Waals surface area contributed by atoms with Gasteiger partial charge in [-0.15, -0.1) is 0 Å². The van der Waals surface area contributed by atoms with E-state index in [0.29, 0.717) is 11.1 Å². The van der Waals surface area contributed by atoms with E-state index in [9.17, 15) is 34.2 Å². The van der Waals surface area contributed by atoms with Crippen LogP contribution in [0, 0.1) is 13.8 Å². The highest BCUT2D eigenvalue weighted by Gasteiger charge is 2.41. The molecule has 0 bridgehead atoms. The molecular formula is C22H20O10S. The number of carbonyl (C=O) groups excluding carboxylic acids is 3. The van der Waals surface area contributed by atoms with Crippen molar-refractivity contribution in [2.75, 3.05) is 0 Å². The average Bonchev–Trinajstić information content (AvgIpc) is 2.75. The SMILES string of the molecule is Cc1ccc(C(=O)O[C@H](C(=O)O)[C@H](OC(=O)c2ccc(C)c(COC(=O)S)c2)C(=O)O)cc1. The first kappa shape index (κ1) is 25.4. The highest BCUT2D eigenvalue weighted by atomic mass is 32.1. The molecule has 33 heavy (non-hydrogen) atoms. The molecular weight excluding hydrogens is 456 g/mol. The van der Waals surface area contributed by atoms with Gasteiger partial charge in [0.2, 0.25) is 12.2 Å². The number of benzene rings is 2. The zero-order chi connectivity index (χ0) is 24.7. The molecule has 0 aromatic heterocycles. The van der Waals surface area contributed by atoms with Crippen LogP contribution < -0.4 is 0 Å². The quantitative estimate of drug-likeness (QED) is 0.280. The number of rotatable bonds is 9. The van der Waals surface area contributed by atoms with Crippen molar-refractivity contribution < 1.29 is 48.4 Å². The van der Waals surface area contributed by atoms with E-state index < -0.39 is 41.4 Å². The molecule has 0 heterocycles. The second-order valence-electron chi connectivity index (χ2n) is 6.89. The van der Waals surface area contributed by atoms with Crippen LogP contribution in [0.3, 0.4) is 0 Å². The second kappa shape index (κ2) is 11.1. The van der Waals surface area contributed by atoms with Gasteiger partial charge in [-0.25, -0.2) is 24.0 Å². The Morgan fingerprint density at radius 3 is 1.79 bits per heavy atom. The van der Waals surface area contributed by atoms with Gasteiger partial charge in [0.25, 0.3) is 0 Å². The molecule has 11 heteroatoms. The molecule has 174 valence electrons. The van der Waals surface area contributed by atoms with Crippen LogP contribution >= 0.6 is 12.6 Å². The first-order valence-electron chi connectivity index (χ1n) is 9.39. The molecule has 0 saturated heterocycles. The van der Waals surface area contributed by atoms with Crippen molar-refractivity contribution in [1.82, 2.24) is 0 Å². The summed E-state index contributed by atoms with van der Waals surface area (Å²) in [6.07, 6.45) is -4.64. The summed E-state index contributed by atoms with van der Waals surface area (Å²) in [6.45, 7) is 3.25. The zero-order valence-electron chi connectivity index (χ0n) is 17.5. The molecule has 10 nitrogen and oxygen atoms in total. The highest BCUT2D eigenvalue weighted by Crippen LogP contribution is 2.17. The average molecular weight is 476 g/mol. The lowest BCUT2D eigenvalue weighted by atomic mass is 10.1. The second-order valence-corrected chi connectivity index (χ2v) is 7.26. The molecule has 0 unspecified atom stereocenters. The van der Waals surface area contributed by atoms with Crippen LogP contribution in [0.5, 0.6) is 0 Å². The number of carboxylic acids is 2. The Balaban J connectivity index is 2.24. The van der Waals surface area contributed by atoms with Crippen molar-refractivity contribution in [1.29, 1.82) is 0 Å². The molecule has 0 radical (unpaired) electrons. The lowest BCUT2D eigenvalue weighted by molar-refractivity contribution is -0.166. The van der Waals surface area contributed by atoms with Crippen molar-refractivity contribution in [2.45, 2.75) is 32.7 Å². The maximum atomic E-state index is 12.5. The van der Waals surface area contributed by atoms with Gasteiger partial charge in [-0.05, 0) is 49.2 Å². The summed E-state index contributed by atoms with van der Waals surface area (Å²) in [4.78, 5) is 59.1. The Labute approximate surface area is 193 Å². The molecule has 2 aromatic rings. The molecule has 0 fully saturated rings. The van der Waals surface area contributed by atoms with Crippen molar-refractivity contribution in [2.24, 2.45) is 0 Å². The number of carboxylic acid groups (broad SMARTS) is 2. The minimum Gasteiger partial charge on any atom is -0.478 e. The van der Waals surface area contributed by atoms with Gasteiger partial charge in [0.05, 0.1) is 11.1 Å². The Kier molecular flexibility index (Phi) is 8.57. The minimum absolute atomic E-state index is 0.00997. The number of hydrogen-bond acceptors (Lipinski definition) is 8. The van der Waals surface area contributed by atoms with Crippen LogP contribution in [0.1, 0.15) is 37.4 Å². The maximum Gasteiger partial charge on any atom is 0.364 e. The van der Waals surface area contributed by atoms with E-state index in [-0.39, 0.29) is 17.7 Å². The third-order valence-corrected chi connectivity index (χ3v) is 4.58. The smallest absolute Gasteiger partial charge is 0.364 e. The Bertz CT molecular complexity index is 1080. The molecule has 0 amide bonds. The summed E-state index contributed by atoms with van der Waals surface area (Å²) in [5.74, 6) is -5.93. The van der Waals surface area contributed by atoms with Gasteiger partial charge >= 0.3 is 29.2 Å². The predicted octanol–water partition coefficient (Wildman–Crippen LogP) is 2.79. The third-order valence-electron chi connectivity index (χ3n) is 4.45. The normalized spacial score (nSPS) is 12.2. The summed E-state index contributed by atoms with van der Waals surface area (Å²) in [6, 6.07) is 10.0. The van der Waals surface area contributed by atoms with Gasteiger partial charge in [-0.1, -0.05) is 36.4 Å². The fraction of sp³-hybridized carbons (Fsp3) is 0.227. The van der Waals surface area contributed by atoms with Crippen LogP contribution in [0.25, 0.3) is 0 Å². The molecule has 0 spiro atoms. The Hall–Kier alpha value is -3.86. The fourth-order valence-electron chi connectivity index (χ4n) is 2.63. The van der Waals surface area contributed by atoms with Crippen LogP contribution in [0.4, 0.5) is 4.79 Å². The van der Waals surface area contributed by atoms with Gasteiger partial charge in [0.15, 0.2) is 0 Å². The Morgan fingerprint density at radius 1 is 0.818 bits per heavy atom. The molecule has 0 aliphatic carbocycles. The summed E-state index contributed by atoms with van der Waals surface area (Å²) in [5, 5.41) is 18.0. The van der Waals surface area contributed by atoms with Gasteiger partial charge in [0, 0.05) is 0 Å².